The fraction of sp³-hybridized carbons (Fsp3) is 0.105. The molecule has 1 fully saturated rings. The van der Waals surface area contributed by atoms with Gasteiger partial charge in [-0.25, -0.2) is 0 Å². The average Bonchev–Trinajstić information content (AvgIpc) is 2.90. The van der Waals surface area contributed by atoms with Gasteiger partial charge in [-0.05, 0) is 41.1 Å². The quantitative estimate of drug-likeness (QED) is 0.644. The van der Waals surface area contributed by atoms with E-state index in [9.17, 15) is 19.5 Å². The van der Waals surface area contributed by atoms with E-state index in [1.807, 2.05) is 30.3 Å². The number of ether oxygens (including phenoxy) is 1. The summed E-state index contributed by atoms with van der Waals surface area (Å²) in [7, 11) is 0. The normalized spacial score (nSPS) is 15.5. The smallest absolute Gasteiger partial charge is 0.326 e. The molecule has 2 aromatic carbocycles. The number of hydrogen-bond acceptors (Lipinski definition) is 6. The first kappa shape index (κ1) is 17.8. The van der Waals surface area contributed by atoms with Gasteiger partial charge < -0.3 is 9.84 Å². The molecule has 1 N–H and O–H groups in total. The zero-order valence-corrected chi connectivity index (χ0v) is 14.4. The van der Waals surface area contributed by atoms with Crippen molar-refractivity contribution in [3.63, 3.8) is 0 Å². The first-order valence-electron chi connectivity index (χ1n) is 7.77. The third-order valence-corrected chi connectivity index (χ3v) is 4.50. The van der Waals surface area contributed by atoms with Crippen LogP contribution in [0.25, 0.3) is 6.08 Å². The van der Waals surface area contributed by atoms with E-state index < -0.39 is 23.7 Å². The van der Waals surface area contributed by atoms with Gasteiger partial charge in [0.05, 0.1) is 4.91 Å². The second-order valence-corrected chi connectivity index (χ2v) is 6.50. The van der Waals surface area contributed by atoms with E-state index >= 15 is 0 Å². The molecular weight excluding hydrogens is 354 g/mol. The van der Waals surface area contributed by atoms with Gasteiger partial charge in [-0.1, -0.05) is 42.5 Å². The van der Waals surface area contributed by atoms with Crippen LogP contribution in [0.1, 0.15) is 11.1 Å². The van der Waals surface area contributed by atoms with Crippen molar-refractivity contribution in [1.82, 2.24) is 4.90 Å². The number of amides is 2. The molecular formula is C19H15NO5S. The SMILES string of the molecule is O=C(CN1C(=O)SC(=Cc2ccc(O)cc2)C1=O)OCc1ccccc1. The lowest BCUT2D eigenvalue weighted by molar-refractivity contribution is -0.147. The van der Waals surface area contributed by atoms with E-state index in [0.29, 0.717) is 5.56 Å². The van der Waals surface area contributed by atoms with Gasteiger partial charge in [0.2, 0.25) is 0 Å². The molecule has 0 radical (unpaired) electrons. The fourth-order valence-electron chi connectivity index (χ4n) is 2.27. The van der Waals surface area contributed by atoms with Crippen LogP contribution < -0.4 is 0 Å². The van der Waals surface area contributed by atoms with E-state index in [2.05, 4.69) is 0 Å². The molecule has 0 spiro atoms. The van der Waals surface area contributed by atoms with Gasteiger partial charge >= 0.3 is 5.97 Å². The Hall–Kier alpha value is -3.06. The predicted molar refractivity (Wildman–Crippen MR) is 97.0 cm³/mol. The Morgan fingerprint density at radius 1 is 1.08 bits per heavy atom. The number of aromatic hydroxyl groups is 1. The maximum absolute atomic E-state index is 12.4. The van der Waals surface area contributed by atoms with Crippen molar-refractivity contribution >= 4 is 35.0 Å². The van der Waals surface area contributed by atoms with Crippen molar-refractivity contribution in [2.45, 2.75) is 6.61 Å². The molecule has 1 saturated heterocycles. The second-order valence-electron chi connectivity index (χ2n) is 5.51. The first-order valence-corrected chi connectivity index (χ1v) is 8.58. The van der Waals surface area contributed by atoms with Crippen LogP contribution in [-0.2, 0) is 20.9 Å². The highest BCUT2D eigenvalue weighted by molar-refractivity contribution is 8.18. The van der Waals surface area contributed by atoms with Gasteiger partial charge in [-0.3, -0.25) is 19.3 Å². The summed E-state index contributed by atoms with van der Waals surface area (Å²) in [5.41, 5.74) is 1.49. The van der Waals surface area contributed by atoms with Crippen molar-refractivity contribution in [2.24, 2.45) is 0 Å². The highest BCUT2D eigenvalue weighted by Crippen LogP contribution is 2.32. The molecule has 1 heterocycles. The monoisotopic (exact) mass is 369 g/mol. The fourth-order valence-corrected chi connectivity index (χ4v) is 3.11. The number of imide groups is 1. The minimum absolute atomic E-state index is 0.0826. The summed E-state index contributed by atoms with van der Waals surface area (Å²) in [6.45, 7) is -0.344. The van der Waals surface area contributed by atoms with E-state index in [4.69, 9.17) is 4.74 Å². The number of phenols is 1. The minimum Gasteiger partial charge on any atom is -0.508 e. The summed E-state index contributed by atoms with van der Waals surface area (Å²) < 4.78 is 5.11. The maximum Gasteiger partial charge on any atom is 0.326 e. The Bertz CT molecular complexity index is 861. The highest BCUT2D eigenvalue weighted by atomic mass is 32.2. The number of esters is 1. The molecule has 7 heteroatoms. The molecule has 3 rings (SSSR count). The molecule has 132 valence electrons. The molecule has 1 aliphatic rings. The number of phenolic OH excluding ortho intramolecular Hbond substituents is 1. The molecule has 2 amide bonds. The molecule has 0 aromatic heterocycles. The van der Waals surface area contributed by atoms with Gasteiger partial charge in [0.15, 0.2) is 0 Å². The molecule has 0 aliphatic carbocycles. The largest absolute Gasteiger partial charge is 0.508 e. The van der Waals surface area contributed by atoms with Crippen LogP contribution in [0.3, 0.4) is 0 Å². The Balaban J connectivity index is 1.61. The summed E-state index contributed by atoms with van der Waals surface area (Å²) in [5, 5.41) is 8.76. The molecule has 2 aromatic rings. The van der Waals surface area contributed by atoms with Gasteiger partial charge in [-0.15, -0.1) is 0 Å². The number of hydrogen-bond donors (Lipinski definition) is 1. The van der Waals surface area contributed by atoms with Crippen molar-refractivity contribution in [2.75, 3.05) is 6.54 Å². The first-order chi connectivity index (χ1) is 12.5. The van der Waals surface area contributed by atoms with E-state index in [1.54, 1.807) is 18.2 Å². The highest BCUT2D eigenvalue weighted by Gasteiger charge is 2.36. The second kappa shape index (κ2) is 7.88. The van der Waals surface area contributed by atoms with Gasteiger partial charge in [0.1, 0.15) is 18.9 Å². The third-order valence-electron chi connectivity index (χ3n) is 3.59. The molecule has 0 atom stereocenters. The van der Waals surface area contributed by atoms with Crippen LogP contribution in [0.15, 0.2) is 59.5 Å². The summed E-state index contributed by atoms with van der Waals surface area (Å²) in [6, 6.07) is 15.3. The van der Waals surface area contributed by atoms with Crippen molar-refractivity contribution in [3.8, 4) is 5.75 Å². The van der Waals surface area contributed by atoms with Crippen molar-refractivity contribution in [1.29, 1.82) is 0 Å². The minimum atomic E-state index is -0.651. The molecule has 0 saturated carbocycles. The summed E-state index contributed by atoms with van der Waals surface area (Å²) >= 11 is 0.766. The van der Waals surface area contributed by atoms with Crippen LogP contribution in [-0.4, -0.2) is 33.7 Å². The molecule has 0 bridgehead atoms. The standard InChI is InChI=1S/C19H15NO5S/c21-15-8-6-13(7-9-15)10-16-18(23)20(19(24)26-16)11-17(22)25-12-14-4-2-1-3-5-14/h1-10,21H,11-12H2. The third kappa shape index (κ3) is 4.31. The van der Waals surface area contributed by atoms with Crippen LogP contribution in [0.2, 0.25) is 0 Å². The summed E-state index contributed by atoms with van der Waals surface area (Å²) in [6.07, 6.45) is 1.54. The Kier molecular flexibility index (Phi) is 5.38. The number of thioether (sulfide) groups is 1. The molecule has 1 aliphatic heterocycles. The van der Waals surface area contributed by atoms with Gasteiger partial charge in [-0.2, -0.15) is 0 Å². The number of benzene rings is 2. The number of nitrogens with zero attached hydrogens (tertiary/aromatic N) is 1. The molecule has 0 unspecified atom stereocenters. The zero-order valence-electron chi connectivity index (χ0n) is 13.6. The average molecular weight is 369 g/mol. The zero-order chi connectivity index (χ0) is 18.5. The topological polar surface area (TPSA) is 83.9 Å². The van der Waals surface area contributed by atoms with E-state index in [1.165, 1.54) is 12.1 Å². The summed E-state index contributed by atoms with van der Waals surface area (Å²) in [5.74, 6) is -1.08. The van der Waals surface area contributed by atoms with Crippen LogP contribution in [0, 0.1) is 0 Å². The van der Waals surface area contributed by atoms with E-state index in [0.717, 1.165) is 22.2 Å². The maximum atomic E-state index is 12.4. The van der Waals surface area contributed by atoms with Crippen molar-refractivity contribution < 1.29 is 24.2 Å². The summed E-state index contributed by atoms with van der Waals surface area (Å²) in [4.78, 5) is 37.4. The Morgan fingerprint density at radius 3 is 2.46 bits per heavy atom. The van der Waals surface area contributed by atoms with Gasteiger partial charge in [0, 0.05) is 0 Å². The number of rotatable bonds is 5. The predicted octanol–water partition coefficient (Wildman–Crippen LogP) is 3.17. The lowest BCUT2D eigenvalue weighted by atomic mass is 10.2. The number of carbonyl (C=O) groups excluding carboxylic acids is 3. The Morgan fingerprint density at radius 2 is 1.77 bits per heavy atom. The lowest BCUT2D eigenvalue weighted by Crippen LogP contribution is -2.34. The van der Waals surface area contributed by atoms with Crippen LogP contribution in [0.5, 0.6) is 5.75 Å². The van der Waals surface area contributed by atoms with Gasteiger partial charge in [0.25, 0.3) is 11.1 Å². The van der Waals surface area contributed by atoms with E-state index in [-0.39, 0.29) is 17.3 Å². The van der Waals surface area contributed by atoms with Crippen LogP contribution >= 0.6 is 11.8 Å². The van der Waals surface area contributed by atoms with Crippen molar-refractivity contribution in [3.05, 3.63) is 70.6 Å². The molecule has 26 heavy (non-hydrogen) atoms. The molecule has 6 nitrogen and oxygen atoms in total. The van der Waals surface area contributed by atoms with Crippen LogP contribution in [0.4, 0.5) is 4.79 Å². The Labute approximate surface area is 154 Å². The number of carbonyl (C=O) groups is 3. The lowest BCUT2D eigenvalue weighted by Gasteiger charge is -2.11.